The van der Waals surface area contributed by atoms with E-state index in [0.29, 0.717) is 11.5 Å². The van der Waals surface area contributed by atoms with E-state index >= 15 is 0 Å². The molecule has 0 unspecified atom stereocenters. The molecule has 3 rings (SSSR count). The van der Waals surface area contributed by atoms with Crippen molar-refractivity contribution in [1.82, 2.24) is 9.55 Å². The lowest BCUT2D eigenvalue weighted by Gasteiger charge is -2.06. The molecule has 2 N–H and O–H groups in total. The summed E-state index contributed by atoms with van der Waals surface area (Å²) in [5.41, 5.74) is 10.5. The van der Waals surface area contributed by atoms with Gasteiger partial charge in [-0.1, -0.05) is 6.07 Å². The van der Waals surface area contributed by atoms with Crippen LogP contribution in [0.15, 0.2) is 42.5 Å². The first-order chi connectivity index (χ1) is 9.19. The van der Waals surface area contributed by atoms with Crippen LogP contribution < -0.4 is 5.73 Å². The number of aryl methyl sites for hydroxylation is 1. The van der Waals surface area contributed by atoms with Crippen LogP contribution in [-0.2, 0) is 0 Å². The van der Waals surface area contributed by atoms with Crippen molar-refractivity contribution >= 4 is 17.0 Å². The third-order valence-corrected chi connectivity index (χ3v) is 3.09. The smallest absolute Gasteiger partial charge is 0.205 e. The Morgan fingerprint density at radius 2 is 1.89 bits per heavy atom. The van der Waals surface area contributed by atoms with Crippen molar-refractivity contribution in [2.24, 2.45) is 0 Å². The molecule has 0 radical (unpaired) electrons. The van der Waals surface area contributed by atoms with Crippen LogP contribution >= 0.6 is 0 Å². The first-order valence-corrected chi connectivity index (χ1v) is 5.94. The maximum Gasteiger partial charge on any atom is 0.205 e. The van der Waals surface area contributed by atoms with Crippen molar-refractivity contribution in [2.45, 2.75) is 6.92 Å². The van der Waals surface area contributed by atoms with Crippen LogP contribution in [0.3, 0.4) is 0 Å². The van der Waals surface area contributed by atoms with Gasteiger partial charge in [0.15, 0.2) is 0 Å². The molecule has 0 fully saturated rings. The Morgan fingerprint density at radius 3 is 2.58 bits per heavy atom. The molecule has 3 aromatic rings. The van der Waals surface area contributed by atoms with Crippen LogP contribution in [0.1, 0.15) is 11.1 Å². The number of benzene rings is 2. The number of nitrogens with two attached hydrogens (primary N) is 1. The van der Waals surface area contributed by atoms with Gasteiger partial charge in [-0.05, 0) is 48.9 Å². The number of imidazole rings is 1. The molecule has 0 saturated carbocycles. The number of hydrogen-bond donors (Lipinski definition) is 1. The minimum Gasteiger partial charge on any atom is -0.369 e. The standard InChI is InChI=1S/C15H12N4/c1-10-2-7-14-13(8-10)18-15(17)19(14)12-5-3-11(9-16)4-6-12/h2-8H,1H3,(H2,17,18). The Hall–Kier alpha value is -2.80. The third-order valence-electron chi connectivity index (χ3n) is 3.09. The van der Waals surface area contributed by atoms with Gasteiger partial charge in [0.2, 0.25) is 5.95 Å². The Morgan fingerprint density at radius 1 is 1.16 bits per heavy atom. The molecule has 0 bridgehead atoms. The van der Waals surface area contributed by atoms with Gasteiger partial charge >= 0.3 is 0 Å². The zero-order valence-electron chi connectivity index (χ0n) is 10.5. The maximum atomic E-state index is 8.82. The molecule has 19 heavy (non-hydrogen) atoms. The molecule has 0 aliphatic carbocycles. The average Bonchev–Trinajstić information content (AvgIpc) is 2.74. The lowest BCUT2D eigenvalue weighted by Crippen LogP contribution is -2.00. The van der Waals surface area contributed by atoms with E-state index in [1.54, 1.807) is 12.1 Å². The van der Waals surface area contributed by atoms with E-state index in [0.717, 1.165) is 22.3 Å². The quantitative estimate of drug-likeness (QED) is 0.720. The lowest BCUT2D eigenvalue weighted by atomic mass is 10.2. The van der Waals surface area contributed by atoms with Gasteiger partial charge in [-0.2, -0.15) is 5.26 Å². The van der Waals surface area contributed by atoms with Crippen LogP contribution in [0.2, 0.25) is 0 Å². The minimum absolute atomic E-state index is 0.449. The molecule has 4 nitrogen and oxygen atoms in total. The van der Waals surface area contributed by atoms with Gasteiger partial charge in [-0.15, -0.1) is 0 Å². The molecule has 92 valence electrons. The normalized spacial score (nSPS) is 10.5. The summed E-state index contributed by atoms with van der Waals surface area (Å²) in [4.78, 5) is 4.37. The molecule has 1 heterocycles. The fourth-order valence-electron chi connectivity index (χ4n) is 2.17. The third kappa shape index (κ3) is 1.81. The summed E-state index contributed by atoms with van der Waals surface area (Å²) < 4.78 is 1.88. The Labute approximate surface area is 110 Å². The molecular weight excluding hydrogens is 236 g/mol. The summed E-state index contributed by atoms with van der Waals surface area (Å²) in [7, 11) is 0. The van der Waals surface area contributed by atoms with Crippen molar-refractivity contribution in [1.29, 1.82) is 5.26 Å². The number of rotatable bonds is 1. The van der Waals surface area contributed by atoms with Gasteiger partial charge < -0.3 is 5.73 Å². The van der Waals surface area contributed by atoms with Crippen molar-refractivity contribution in [3.8, 4) is 11.8 Å². The summed E-state index contributed by atoms with van der Waals surface area (Å²) in [6.07, 6.45) is 0. The van der Waals surface area contributed by atoms with E-state index in [2.05, 4.69) is 11.1 Å². The van der Waals surface area contributed by atoms with Gasteiger partial charge in [0.1, 0.15) is 0 Å². The van der Waals surface area contributed by atoms with Gasteiger partial charge in [-0.3, -0.25) is 4.57 Å². The van der Waals surface area contributed by atoms with Gasteiger partial charge in [0.25, 0.3) is 0 Å². The van der Waals surface area contributed by atoms with E-state index < -0.39 is 0 Å². The van der Waals surface area contributed by atoms with Crippen molar-refractivity contribution < 1.29 is 0 Å². The molecule has 2 aromatic carbocycles. The van der Waals surface area contributed by atoms with E-state index in [-0.39, 0.29) is 0 Å². The molecule has 4 heteroatoms. The van der Waals surface area contributed by atoms with Gasteiger partial charge in [0.05, 0.1) is 22.7 Å². The topological polar surface area (TPSA) is 67.6 Å². The van der Waals surface area contributed by atoms with Crippen molar-refractivity contribution in [3.63, 3.8) is 0 Å². The second-order valence-corrected chi connectivity index (χ2v) is 4.46. The van der Waals surface area contributed by atoms with Crippen molar-refractivity contribution in [2.75, 3.05) is 5.73 Å². The zero-order chi connectivity index (χ0) is 13.4. The Bertz CT molecular complexity index is 791. The number of aromatic nitrogens is 2. The van der Waals surface area contributed by atoms with Gasteiger partial charge in [0, 0.05) is 5.69 Å². The number of nitriles is 1. The average molecular weight is 248 g/mol. The van der Waals surface area contributed by atoms with Crippen LogP contribution in [0, 0.1) is 18.3 Å². The molecule has 0 spiro atoms. The van der Waals surface area contributed by atoms with Crippen LogP contribution in [-0.4, -0.2) is 9.55 Å². The minimum atomic E-state index is 0.449. The van der Waals surface area contributed by atoms with Crippen LogP contribution in [0.25, 0.3) is 16.7 Å². The van der Waals surface area contributed by atoms with Crippen LogP contribution in [0.5, 0.6) is 0 Å². The molecule has 0 aliphatic heterocycles. The van der Waals surface area contributed by atoms with Gasteiger partial charge in [-0.25, -0.2) is 4.98 Å². The molecule has 0 amide bonds. The summed E-state index contributed by atoms with van der Waals surface area (Å²) in [5, 5.41) is 8.82. The highest BCUT2D eigenvalue weighted by molar-refractivity contribution is 5.81. The monoisotopic (exact) mass is 248 g/mol. The first-order valence-electron chi connectivity index (χ1n) is 5.94. The fraction of sp³-hybridized carbons (Fsp3) is 0.0667. The predicted octanol–water partition coefficient (Wildman–Crippen LogP) is 2.79. The summed E-state index contributed by atoms with van der Waals surface area (Å²) >= 11 is 0. The number of nitrogen functional groups attached to an aromatic ring is 1. The molecule has 0 atom stereocenters. The highest BCUT2D eigenvalue weighted by atomic mass is 15.2. The SMILES string of the molecule is Cc1ccc2c(c1)nc(N)n2-c1ccc(C#N)cc1. The number of anilines is 1. The number of hydrogen-bond acceptors (Lipinski definition) is 3. The number of nitrogens with zero attached hydrogens (tertiary/aromatic N) is 3. The Balaban J connectivity index is 2.24. The molecular formula is C15H12N4. The predicted molar refractivity (Wildman–Crippen MR) is 74.9 cm³/mol. The maximum absolute atomic E-state index is 8.82. The fourth-order valence-corrected chi connectivity index (χ4v) is 2.17. The van der Waals surface area contributed by atoms with E-state index in [1.807, 2.05) is 41.8 Å². The highest BCUT2D eigenvalue weighted by Gasteiger charge is 2.09. The van der Waals surface area contributed by atoms with E-state index in [4.69, 9.17) is 11.0 Å². The zero-order valence-corrected chi connectivity index (χ0v) is 10.5. The second-order valence-electron chi connectivity index (χ2n) is 4.46. The summed E-state index contributed by atoms with van der Waals surface area (Å²) in [5.74, 6) is 0.449. The van der Waals surface area contributed by atoms with Crippen molar-refractivity contribution in [3.05, 3.63) is 53.6 Å². The van der Waals surface area contributed by atoms with Crippen LogP contribution in [0.4, 0.5) is 5.95 Å². The molecule has 0 saturated heterocycles. The highest BCUT2D eigenvalue weighted by Crippen LogP contribution is 2.23. The molecule has 1 aromatic heterocycles. The first kappa shape index (κ1) is 11.3. The number of fused-ring (bicyclic) bond motifs is 1. The van der Waals surface area contributed by atoms with E-state index in [9.17, 15) is 0 Å². The largest absolute Gasteiger partial charge is 0.369 e. The molecule has 0 aliphatic rings. The Kier molecular flexibility index (Phi) is 2.46. The summed E-state index contributed by atoms with van der Waals surface area (Å²) in [6.45, 7) is 2.02. The second kappa shape index (κ2) is 4.14. The van der Waals surface area contributed by atoms with E-state index in [1.165, 1.54) is 0 Å². The lowest BCUT2D eigenvalue weighted by molar-refractivity contribution is 1.11. The summed E-state index contributed by atoms with van der Waals surface area (Å²) in [6, 6.07) is 15.4.